The number of carbonyl (C=O) groups excluding carboxylic acids is 2. The summed E-state index contributed by atoms with van der Waals surface area (Å²) in [6.07, 6.45) is 8.89. The molecule has 0 unspecified atom stereocenters. The first-order chi connectivity index (χ1) is 20.5. The second kappa shape index (κ2) is 10.9. The van der Waals surface area contributed by atoms with Crippen molar-refractivity contribution in [1.82, 2.24) is 14.0 Å². The van der Waals surface area contributed by atoms with Gasteiger partial charge in [-0.05, 0) is 91.8 Å². The summed E-state index contributed by atoms with van der Waals surface area (Å²) < 4.78 is 3.87. The molecule has 8 heteroatoms. The molecule has 2 aromatic heterocycles. The number of nitrogens with one attached hydrogen (secondary N) is 1. The molecular weight excluding hydrogens is 538 g/mol. The molecule has 0 saturated heterocycles. The Bertz CT molecular complexity index is 1680. The fourth-order valence-corrected chi connectivity index (χ4v) is 7.52. The molecule has 3 aliphatic rings. The molecule has 1 fully saturated rings. The molecule has 6 rings (SSSR count). The van der Waals surface area contributed by atoms with Crippen molar-refractivity contribution in [3.05, 3.63) is 82.1 Å². The van der Waals surface area contributed by atoms with Crippen molar-refractivity contribution < 1.29 is 9.59 Å². The van der Waals surface area contributed by atoms with Gasteiger partial charge in [0.2, 0.25) is 5.91 Å². The molecule has 1 aromatic carbocycles. The molecule has 0 bridgehead atoms. The summed E-state index contributed by atoms with van der Waals surface area (Å²) in [6, 6.07) is 10.3. The topological polar surface area (TPSA) is 79.6 Å². The fraction of sp³-hybridized carbons (Fsp3) is 0.457. The number of benzene rings is 1. The summed E-state index contributed by atoms with van der Waals surface area (Å²) in [6.45, 7) is 11.7. The zero-order chi connectivity index (χ0) is 30.6. The number of fused-ring (bicyclic) bond motifs is 3. The lowest BCUT2D eigenvalue weighted by atomic mass is 9.89. The molecule has 226 valence electrons. The van der Waals surface area contributed by atoms with Crippen LogP contribution in [0, 0.1) is 12.3 Å². The highest BCUT2D eigenvalue weighted by Gasteiger charge is 2.37. The molecule has 3 aromatic rings. The Morgan fingerprint density at radius 3 is 2.70 bits per heavy atom. The van der Waals surface area contributed by atoms with E-state index in [1.54, 1.807) is 16.5 Å². The van der Waals surface area contributed by atoms with Crippen LogP contribution in [-0.4, -0.2) is 51.5 Å². The zero-order valence-corrected chi connectivity index (χ0v) is 26.1. The number of rotatable bonds is 6. The van der Waals surface area contributed by atoms with Crippen molar-refractivity contribution in [1.29, 1.82) is 0 Å². The molecule has 43 heavy (non-hydrogen) atoms. The minimum absolute atomic E-state index is 0.0493. The van der Waals surface area contributed by atoms with Gasteiger partial charge in [-0.1, -0.05) is 32.6 Å². The maximum atomic E-state index is 13.8. The van der Waals surface area contributed by atoms with Gasteiger partial charge in [-0.2, -0.15) is 0 Å². The van der Waals surface area contributed by atoms with Crippen LogP contribution >= 0.6 is 0 Å². The van der Waals surface area contributed by atoms with Crippen LogP contribution in [0.15, 0.2) is 54.0 Å². The number of aryl methyl sites for hydroxylation is 1. The summed E-state index contributed by atoms with van der Waals surface area (Å²) in [7, 11) is 3.60. The summed E-state index contributed by atoms with van der Waals surface area (Å²) >= 11 is 0. The van der Waals surface area contributed by atoms with E-state index in [1.807, 2.05) is 36.3 Å². The van der Waals surface area contributed by atoms with E-state index in [-0.39, 0.29) is 34.9 Å². The first-order valence-electron chi connectivity index (χ1n) is 15.5. The van der Waals surface area contributed by atoms with E-state index in [0.717, 1.165) is 73.1 Å². The van der Waals surface area contributed by atoms with Crippen LogP contribution in [0.1, 0.15) is 66.8 Å². The molecule has 1 saturated carbocycles. The van der Waals surface area contributed by atoms with Crippen LogP contribution in [0.5, 0.6) is 0 Å². The Kier molecular flexibility index (Phi) is 7.35. The molecule has 0 spiro atoms. The minimum Gasteiger partial charge on any atom is -0.378 e. The third-order valence-electron chi connectivity index (χ3n) is 9.79. The van der Waals surface area contributed by atoms with Gasteiger partial charge in [0.05, 0.1) is 0 Å². The van der Waals surface area contributed by atoms with Gasteiger partial charge < -0.3 is 24.3 Å². The molecule has 3 heterocycles. The minimum atomic E-state index is -0.0848. The van der Waals surface area contributed by atoms with Crippen molar-refractivity contribution in [3.8, 4) is 11.1 Å². The van der Waals surface area contributed by atoms with E-state index < -0.39 is 0 Å². The van der Waals surface area contributed by atoms with Crippen LogP contribution in [0.3, 0.4) is 0 Å². The number of hydrogen-bond acceptors (Lipinski definition) is 4. The van der Waals surface area contributed by atoms with Gasteiger partial charge in [-0.3, -0.25) is 14.4 Å². The zero-order valence-electron chi connectivity index (χ0n) is 26.1. The molecule has 2 amide bonds. The van der Waals surface area contributed by atoms with Crippen LogP contribution in [0.2, 0.25) is 0 Å². The highest BCUT2D eigenvalue weighted by molar-refractivity contribution is 6.07. The lowest BCUT2D eigenvalue weighted by Gasteiger charge is -2.35. The summed E-state index contributed by atoms with van der Waals surface area (Å²) in [5.41, 5.74) is 7.98. The Morgan fingerprint density at radius 2 is 1.93 bits per heavy atom. The molecule has 8 nitrogen and oxygen atoms in total. The number of likely N-dealkylation sites (N-methyl/N-ethyl adjacent to an activating group) is 1. The smallest absolute Gasteiger partial charge is 0.274 e. The van der Waals surface area contributed by atoms with Gasteiger partial charge in [-0.25, -0.2) is 0 Å². The number of hydrogen-bond donors (Lipinski definition) is 1. The second-order valence-corrected chi connectivity index (χ2v) is 13.5. The lowest BCUT2D eigenvalue weighted by Crippen LogP contribution is -2.43. The van der Waals surface area contributed by atoms with Crippen LogP contribution < -0.4 is 15.8 Å². The van der Waals surface area contributed by atoms with E-state index >= 15 is 0 Å². The third kappa shape index (κ3) is 5.21. The number of aromatic nitrogens is 2. The van der Waals surface area contributed by atoms with E-state index in [4.69, 9.17) is 0 Å². The number of pyridine rings is 1. The average Bonchev–Trinajstić information content (AvgIpc) is 3.47. The largest absolute Gasteiger partial charge is 0.378 e. The third-order valence-corrected chi connectivity index (χ3v) is 9.79. The van der Waals surface area contributed by atoms with E-state index in [2.05, 4.69) is 49.4 Å². The van der Waals surface area contributed by atoms with Crippen molar-refractivity contribution in [2.24, 2.45) is 12.5 Å². The first kappa shape index (κ1) is 29.0. The van der Waals surface area contributed by atoms with Gasteiger partial charge in [-0.15, -0.1) is 0 Å². The van der Waals surface area contributed by atoms with Gasteiger partial charge in [0.1, 0.15) is 11.4 Å². The quantitative estimate of drug-likeness (QED) is 0.400. The van der Waals surface area contributed by atoms with Gasteiger partial charge in [0.15, 0.2) is 0 Å². The fourth-order valence-electron chi connectivity index (χ4n) is 7.52. The Labute approximate surface area is 254 Å². The van der Waals surface area contributed by atoms with Gasteiger partial charge >= 0.3 is 0 Å². The second-order valence-electron chi connectivity index (χ2n) is 13.5. The normalized spacial score (nSPS) is 20.9. The standard InChI is InChI=1S/C35H43N5O3/c1-7-32(41)38(6)26-11-8-10-25(18-26)36-28-16-24(21-37(5)33(28)42)27-12-9-13-29(22(27)2)40-15-14-39-30(34(40)43)17-23-19-35(3,4)20-31(23)39/h7,9,12-13,16-17,21,25-26,36H,1,8,10-11,14-15,18-20H2,2-6H3/t25-,26-/m0/s1. The molecule has 2 atom stereocenters. The monoisotopic (exact) mass is 581 g/mol. The highest BCUT2D eigenvalue weighted by Crippen LogP contribution is 2.40. The molecule has 1 aliphatic heterocycles. The number of nitrogens with zero attached hydrogens (tertiary/aromatic N) is 4. The Hall–Kier alpha value is -4.07. The Balaban J connectivity index is 1.27. The summed E-state index contributed by atoms with van der Waals surface area (Å²) in [5.74, 6) is -0.0272. The van der Waals surface area contributed by atoms with E-state index in [1.165, 1.54) is 17.3 Å². The van der Waals surface area contributed by atoms with Crippen LogP contribution in [0.4, 0.5) is 11.4 Å². The lowest BCUT2D eigenvalue weighted by molar-refractivity contribution is -0.127. The molecule has 0 radical (unpaired) electrons. The number of amides is 2. The van der Waals surface area contributed by atoms with Gasteiger partial charge in [0.25, 0.3) is 11.5 Å². The molecule has 1 N–H and O–H groups in total. The van der Waals surface area contributed by atoms with Crippen molar-refractivity contribution >= 4 is 23.2 Å². The van der Waals surface area contributed by atoms with Crippen molar-refractivity contribution in [3.63, 3.8) is 0 Å². The number of anilines is 2. The van der Waals surface area contributed by atoms with Crippen molar-refractivity contribution in [2.45, 2.75) is 77.9 Å². The first-order valence-corrected chi connectivity index (χ1v) is 15.5. The predicted molar refractivity (Wildman–Crippen MR) is 172 cm³/mol. The summed E-state index contributed by atoms with van der Waals surface area (Å²) in [5, 5.41) is 3.52. The number of carbonyl (C=O) groups is 2. The molecule has 2 aliphatic carbocycles. The highest BCUT2D eigenvalue weighted by atomic mass is 16.2. The SMILES string of the molecule is C=CC(=O)N(C)[C@H]1CCC[C@H](Nc2cc(-c3cccc(N4CCn5c(cc6c5CC(C)(C)C6)C4=O)c3C)cn(C)c2=O)C1. The van der Waals surface area contributed by atoms with Crippen LogP contribution in [-0.2, 0) is 31.2 Å². The van der Waals surface area contributed by atoms with Crippen molar-refractivity contribution in [2.75, 3.05) is 23.8 Å². The van der Waals surface area contributed by atoms with E-state index in [9.17, 15) is 14.4 Å². The van der Waals surface area contributed by atoms with E-state index in [0.29, 0.717) is 12.2 Å². The van der Waals surface area contributed by atoms with Gasteiger partial charge in [0, 0.05) is 62.4 Å². The Morgan fingerprint density at radius 1 is 1.14 bits per heavy atom. The average molecular weight is 582 g/mol. The predicted octanol–water partition coefficient (Wildman–Crippen LogP) is 5.31. The summed E-state index contributed by atoms with van der Waals surface area (Å²) in [4.78, 5) is 42.9. The molecular formula is C35H43N5O3. The van der Waals surface area contributed by atoms with Crippen LogP contribution in [0.25, 0.3) is 11.1 Å². The maximum Gasteiger partial charge on any atom is 0.274 e. The maximum absolute atomic E-state index is 13.8.